The summed E-state index contributed by atoms with van der Waals surface area (Å²) in [5.74, 6) is 0. The highest BCUT2D eigenvalue weighted by atomic mass is 35.5. The van der Waals surface area contributed by atoms with Gasteiger partial charge in [-0.3, -0.25) is 0 Å². The van der Waals surface area contributed by atoms with Crippen molar-refractivity contribution in [3.8, 4) is 0 Å². The minimum absolute atomic E-state index is 0. The van der Waals surface area contributed by atoms with Crippen LogP contribution in [-0.4, -0.2) is 0 Å². The lowest BCUT2D eigenvalue weighted by molar-refractivity contribution is -0.254. The molecule has 0 atom stereocenters. The van der Waals surface area contributed by atoms with Gasteiger partial charge in [-0.15, -0.1) is 0 Å². The zero-order chi connectivity index (χ0) is 7.68. The standard InChI is InChI=1S/C10H9N.ClH/c11-10-6-5-8-3-1-2-4-9(8)7-10;/h1-7H,11H2;1H/i1+1,2+1,3+1,4+1;. The van der Waals surface area contributed by atoms with Crippen LogP contribution >= 0.6 is 0 Å². The quantitative estimate of drug-likeness (QED) is 0.527. The van der Waals surface area contributed by atoms with E-state index < -0.39 is 0 Å². The highest BCUT2D eigenvalue weighted by Gasteiger charge is 1.92. The molecule has 0 fully saturated rings. The summed E-state index contributed by atoms with van der Waals surface area (Å²) in [6.07, 6.45) is 0. The molecule has 0 saturated heterocycles. The second kappa shape index (κ2) is 3.57. The van der Waals surface area contributed by atoms with E-state index in [0.717, 1.165) is 5.69 Å². The Morgan fingerprint density at radius 1 is 0.833 bits per heavy atom. The molecule has 0 amide bonds. The van der Waals surface area contributed by atoms with Gasteiger partial charge < -0.3 is 18.1 Å². The molecule has 12 heavy (non-hydrogen) atoms. The predicted octanol–water partition coefficient (Wildman–Crippen LogP) is -1.28. The Kier molecular flexibility index (Phi) is 2.69. The molecular formula is C10H10ClN. The van der Waals surface area contributed by atoms with E-state index in [1.54, 1.807) is 0 Å². The Morgan fingerprint density at radius 3 is 2.25 bits per heavy atom. The maximum absolute atomic E-state index is 3.87. The number of quaternary nitrogens is 1. The number of fused-ring (bicyclic) bond motifs is 1. The van der Waals surface area contributed by atoms with E-state index in [1.807, 2.05) is 18.2 Å². The van der Waals surface area contributed by atoms with Crippen molar-refractivity contribution in [3.05, 3.63) is 42.5 Å². The molecular weight excluding hydrogens is 174 g/mol. The van der Waals surface area contributed by atoms with Gasteiger partial charge in [-0.2, -0.15) is 0 Å². The molecule has 0 aliphatic carbocycles. The van der Waals surface area contributed by atoms with Crippen molar-refractivity contribution in [1.82, 2.24) is 0 Å². The van der Waals surface area contributed by atoms with E-state index in [9.17, 15) is 0 Å². The number of hydrogen-bond donors (Lipinski definition) is 1. The molecule has 2 heteroatoms. The van der Waals surface area contributed by atoms with Crippen molar-refractivity contribution in [1.29, 1.82) is 0 Å². The Hall–Kier alpha value is -1.05. The minimum atomic E-state index is 0. The van der Waals surface area contributed by atoms with Crippen molar-refractivity contribution in [2.75, 3.05) is 0 Å². The van der Waals surface area contributed by atoms with Crippen LogP contribution in [0.3, 0.4) is 0 Å². The lowest BCUT2D eigenvalue weighted by Crippen LogP contribution is -3.00. The van der Waals surface area contributed by atoms with E-state index in [4.69, 9.17) is 0 Å². The van der Waals surface area contributed by atoms with Crippen molar-refractivity contribution < 1.29 is 18.1 Å². The van der Waals surface area contributed by atoms with Crippen LogP contribution in [0.4, 0.5) is 5.69 Å². The summed E-state index contributed by atoms with van der Waals surface area (Å²) in [5, 5.41) is 2.54. The first-order chi connectivity index (χ1) is 5.36. The smallest absolute Gasteiger partial charge is 0.128 e. The molecule has 0 saturated carbocycles. The largest absolute Gasteiger partial charge is 1.00 e. The summed E-state index contributed by atoms with van der Waals surface area (Å²) in [4.78, 5) is 0. The summed E-state index contributed by atoms with van der Waals surface area (Å²) in [7, 11) is 0. The average Bonchev–Trinajstić information content (AvgIpc) is 2.04. The highest BCUT2D eigenvalue weighted by Crippen LogP contribution is 2.15. The molecule has 62 valence electrons. The van der Waals surface area contributed by atoms with Gasteiger partial charge in [-0.05, 0) is 22.9 Å². The van der Waals surface area contributed by atoms with Gasteiger partial charge >= 0.3 is 0 Å². The number of benzene rings is 2. The monoisotopic (exact) mass is 183 g/mol. The zero-order valence-electron chi connectivity index (χ0n) is 6.63. The molecule has 2 aromatic carbocycles. The summed E-state index contributed by atoms with van der Waals surface area (Å²) in [6, 6.07) is 14.5. The first-order valence-corrected chi connectivity index (χ1v) is 3.67. The first-order valence-electron chi connectivity index (χ1n) is 3.67. The maximum atomic E-state index is 3.87. The Balaban J connectivity index is 0.000000720. The molecule has 0 aliphatic heterocycles. The Morgan fingerprint density at radius 2 is 1.50 bits per heavy atom. The molecule has 0 aromatic heterocycles. The normalized spacial score (nSPS) is 9.42. The number of halogens is 1. The lowest BCUT2D eigenvalue weighted by atomic mass is 10.2. The molecule has 0 spiro atoms. The second-order valence-corrected chi connectivity index (χ2v) is 2.68. The first kappa shape index (κ1) is 9.04. The summed E-state index contributed by atoms with van der Waals surface area (Å²) in [6.45, 7) is 0. The average molecular weight is 184 g/mol. The van der Waals surface area contributed by atoms with Gasteiger partial charge in [0.1, 0.15) is 5.69 Å². The van der Waals surface area contributed by atoms with Crippen molar-refractivity contribution in [3.63, 3.8) is 0 Å². The van der Waals surface area contributed by atoms with Gasteiger partial charge in [0, 0.05) is 6.07 Å². The van der Waals surface area contributed by atoms with Gasteiger partial charge in [0.05, 0.1) is 0 Å². The van der Waals surface area contributed by atoms with Gasteiger partial charge in [0.25, 0.3) is 0 Å². The Bertz CT molecular complexity index is 384. The Labute approximate surface area is 77.6 Å². The van der Waals surface area contributed by atoms with Crippen molar-refractivity contribution in [2.24, 2.45) is 0 Å². The summed E-state index contributed by atoms with van der Waals surface area (Å²) in [5.41, 5.74) is 4.94. The van der Waals surface area contributed by atoms with E-state index in [1.165, 1.54) is 10.8 Å². The lowest BCUT2D eigenvalue weighted by Gasteiger charge is -1.94. The minimum Gasteiger partial charge on any atom is -1.00 e. The topological polar surface area (TPSA) is 27.6 Å². The summed E-state index contributed by atoms with van der Waals surface area (Å²) >= 11 is 0. The van der Waals surface area contributed by atoms with E-state index >= 15 is 0 Å². The van der Waals surface area contributed by atoms with Gasteiger partial charge in [0.15, 0.2) is 0 Å². The van der Waals surface area contributed by atoms with E-state index in [0.29, 0.717) is 0 Å². The predicted molar refractivity (Wildman–Crippen MR) is 46.5 cm³/mol. The fourth-order valence-electron chi connectivity index (χ4n) is 1.24. The molecule has 0 unspecified atom stereocenters. The molecule has 0 bridgehead atoms. The van der Waals surface area contributed by atoms with Gasteiger partial charge in [-0.25, -0.2) is 0 Å². The fraction of sp³-hybridized carbons (Fsp3) is 0. The van der Waals surface area contributed by atoms with E-state index in [2.05, 4.69) is 30.0 Å². The van der Waals surface area contributed by atoms with Crippen LogP contribution < -0.4 is 18.1 Å². The third-order valence-corrected chi connectivity index (χ3v) is 1.81. The molecule has 1 nitrogen and oxygen atoms in total. The number of rotatable bonds is 0. The van der Waals surface area contributed by atoms with Crippen LogP contribution in [0.15, 0.2) is 42.5 Å². The van der Waals surface area contributed by atoms with Gasteiger partial charge in [0.2, 0.25) is 0 Å². The third-order valence-electron chi connectivity index (χ3n) is 1.81. The number of hydrogen-bond acceptors (Lipinski definition) is 0. The zero-order valence-corrected chi connectivity index (χ0v) is 7.38. The van der Waals surface area contributed by atoms with Crippen LogP contribution in [0.1, 0.15) is 0 Å². The summed E-state index contributed by atoms with van der Waals surface area (Å²) < 4.78 is 0. The van der Waals surface area contributed by atoms with Crippen molar-refractivity contribution >= 4 is 16.5 Å². The SMILES string of the molecule is [Cl-].[NH3+]c1ccc2[13cH][13cH][13cH][13cH]c2c1. The molecule has 0 radical (unpaired) electrons. The van der Waals surface area contributed by atoms with Crippen LogP contribution in [-0.2, 0) is 0 Å². The van der Waals surface area contributed by atoms with Gasteiger partial charge in [-0.1, -0.05) is 24.3 Å². The van der Waals surface area contributed by atoms with E-state index in [-0.39, 0.29) is 12.4 Å². The molecule has 0 heterocycles. The molecule has 2 rings (SSSR count). The molecule has 3 N–H and O–H groups in total. The van der Waals surface area contributed by atoms with Crippen LogP contribution in [0.25, 0.3) is 10.8 Å². The second-order valence-electron chi connectivity index (χ2n) is 2.68. The molecule has 2 aromatic rings. The molecule has 0 aliphatic rings. The fourth-order valence-corrected chi connectivity index (χ4v) is 1.24. The van der Waals surface area contributed by atoms with Crippen LogP contribution in [0.5, 0.6) is 0 Å². The van der Waals surface area contributed by atoms with Crippen molar-refractivity contribution in [2.45, 2.75) is 0 Å². The van der Waals surface area contributed by atoms with Crippen LogP contribution in [0, 0.1) is 0 Å². The van der Waals surface area contributed by atoms with Crippen LogP contribution in [0.2, 0.25) is 0 Å². The maximum Gasteiger partial charge on any atom is 0.128 e. The highest BCUT2D eigenvalue weighted by molar-refractivity contribution is 5.84. The third kappa shape index (κ3) is 1.58.